The van der Waals surface area contributed by atoms with Gasteiger partial charge in [-0.3, -0.25) is 10.1 Å². The molecular formula is C19H16ClN3O3S. The summed E-state index contributed by atoms with van der Waals surface area (Å²) in [5.41, 5.74) is 2.06. The molecule has 2 N–H and O–H groups in total. The highest BCUT2D eigenvalue weighted by Gasteiger charge is 2.17. The van der Waals surface area contributed by atoms with Crippen molar-refractivity contribution in [3.8, 4) is 11.3 Å². The number of hydrogen-bond acceptors (Lipinski definition) is 5. The minimum atomic E-state index is -0.449. The molecule has 8 heteroatoms. The van der Waals surface area contributed by atoms with Crippen LogP contribution in [0.2, 0.25) is 5.02 Å². The van der Waals surface area contributed by atoms with Crippen LogP contribution in [-0.2, 0) is 16.0 Å². The lowest BCUT2D eigenvalue weighted by atomic mass is 10.1. The van der Waals surface area contributed by atoms with E-state index < -0.39 is 6.03 Å². The third-order valence-corrected chi connectivity index (χ3v) is 4.79. The monoisotopic (exact) mass is 401 g/mol. The van der Waals surface area contributed by atoms with E-state index in [4.69, 9.17) is 16.3 Å². The van der Waals surface area contributed by atoms with E-state index >= 15 is 0 Å². The normalized spacial score (nSPS) is 10.3. The number of ether oxygens (including phenoxy) is 1. The van der Waals surface area contributed by atoms with Crippen molar-refractivity contribution < 1.29 is 14.3 Å². The Morgan fingerprint density at radius 1 is 1.11 bits per heavy atom. The molecule has 0 aliphatic carbocycles. The number of hydrogen-bond donors (Lipinski definition) is 2. The smallest absolute Gasteiger partial charge is 0.325 e. The fourth-order valence-corrected chi connectivity index (χ4v) is 3.53. The van der Waals surface area contributed by atoms with Crippen LogP contribution < -0.4 is 10.6 Å². The molecule has 1 aromatic heterocycles. The van der Waals surface area contributed by atoms with Gasteiger partial charge in [0.1, 0.15) is 0 Å². The van der Waals surface area contributed by atoms with Crippen molar-refractivity contribution in [1.29, 1.82) is 0 Å². The van der Waals surface area contributed by atoms with Crippen LogP contribution in [0.3, 0.4) is 0 Å². The van der Waals surface area contributed by atoms with Gasteiger partial charge in [0.05, 0.1) is 19.2 Å². The molecule has 0 aliphatic heterocycles. The van der Waals surface area contributed by atoms with Crippen LogP contribution in [0.5, 0.6) is 0 Å². The molecule has 0 bridgehead atoms. The lowest BCUT2D eigenvalue weighted by molar-refractivity contribution is -0.139. The van der Waals surface area contributed by atoms with Gasteiger partial charge >= 0.3 is 12.0 Å². The van der Waals surface area contributed by atoms with E-state index in [0.717, 1.165) is 5.56 Å². The van der Waals surface area contributed by atoms with E-state index in [0.29, 0.717) is 26.4 Å². The van der Waals surface area contributed by atoms with Crippen molar-refractivity contribution in [2.75, 3.05) is 17.7 Å². The summed E-state index contributed by atoms with van der Waals surface area (Å²) in [4.78, 5) is 29.1. The van der Waals surface area contributed by atoms with Crippen molar-refractivity contribution >= 4 is 45.8 Å². The minimum Gasteiger partial charge on any atom is -0.469 e. The lowest BCUT2D eigenvalue weighted by Gasteiger charge is -2.05. The summed E-state index contributed by atoms with van der Waals surface area (Å²) in [6, 6.07) is 15.8. The summed E-state index contributed by atoms with van der Waals surface area (Å²) in [5.74, 6) is -0.370. The molecular weight excluding hydrogens is 386 g/mol. The van der Waals surface area contributed by atoms with Crippen LogP contribution in [0.1, 0.15) is 4.88 Å². The maximum absolute atomic E-state index is 12.2. The topological polar surface area (TPSA) is 80.3 Å². The van der Waals surface area contributed by atoms with Crippen LogP contribution in [-0.4, -0.2) is 24.1 Å². The Morgan fingerprint density at radius 3 is 2.59 bits per heavy atom. The maximum atomic E-state index is 12.2. The molecule has 27 heavy (non-hydrogen) atoms. The van der Waals surface area contributed by atoms with Gasteiger partial charge in [0, 0.05) is 21.2 Å². The standard InChI is InChI=1S/C19H16ClN3O3S/c1-26-16(24)11-15-17(12-6-3-2-4-7-12)22-19(27-15)23-18(25)21-14-9-5-8-13(20)10-14/h2-10H,11H2,1H3,(H2,21,22,23,25). The summed E-state index contributed by atoms with van der Waals surface area (Å²) in [6.45, 7) is 0. The Hall–Kier alpha value is -2.90. The number of anilines is 2. The Balaban J connectivity index is 1.81. The number of nitrogens with zero attached hydrogens (tertiary/aromatic N) is 1. The van der Waals surface area contributed by atoms with E-state index in [1.807, 2.05) is 30.3 Å². The van der Waals surface area contributed by atoms with Gasteiger partial charge in [0.15, 0.2) is 5.13 Å². The van der Waals surface area contributed by atoms with Crippen molar-refractivity contribution in [2.24, 2.45) is 0 Å². The second-order valence-corrected chi connectivity index (χ2v) is 7.02. The van der Waals surface area contributed by atoms with Gasteiger partial charge in [-0.25, -0.2) is 9.78 Å². The second-order valence-electron chi connectivity index (χ2n) is 5.50. The highest BCUT2D eigenvalue weighted by molar-refractivity contribution is 7.16. The number of esters is 1. The Kier molecular flexibility index (Phi) is 6.05. The number of aromatic nitrogens is 1. The predicted octanol–water partition coefficient (Wildman–Crippen LogP) is 4.82. The molecule has 0 aliphatic rings. The van der Waals surface area contributed by atoms with Crippen LogP contribution in [0.25, 0.3) is 11.3 Å². The number of benzene rings is 2. The number of carbonyl (C=O) groups is 2. The van der Waals surface area contributed by atoms with Gasteiger partial charge in [-0.1, -0.05) is 48.0 Å². The molecule has 0 radical (unpaired) electrons. The summed E-state index contributed by atoms with van der Waals surface area (Å²) in [7, 11) is 1.34. The van der Waals surface area contributed by atoms with Crippen molar-refractivity contribution in [3.05, 3.63) is 64.5 Å². The van der Waals surface area contributed by atoms with Gasteiger partial charge in [-0.15, -0.1) is 11.3 Å². The largest absolute Gasteiger partial charge is 0.469 e. The molecule has 0 spiro atoms. The average molecular weight is 402 g/mol. The van der Waals surface area contributed by atoms with Crippen molar-refractivity contribution in [1.82, 2.24) is 4.98 Å². The highest BCUT2D eigenvalue weighted by atomic mass is 35.5. The zero-order chi connectivity index (χ0) is 19.2. The second kappa shape index (κ2) is 8.66. The summed E-state index contributed by atoms with van der Waals surface area (Å²) in [6.07, 6.45) is 0.0794. The Morgan fingerprint density at radius 2 is 1.89 bits per heavy atom. The average Bonchev–Trinajstić information content (AvgIpc) is 3.04. The van der Waals surface area contributed by atoms with Gasteiger partial charge < -0.3 is 10.1 Å². The minimum absolute atomic E-state index is 0.0794. The van der Waals surface area contributed by atoms with E-state index in [2.05, 4.69) is 15.6 Å². The van der Waals surface area contributed by atoms with Gasteiger partial charge in [0.2, 0.25) is 0 Å². The molecule has 0 fully saturated rings. The van der Waals surface area contributed by atoms with Gasteiger partial charge in [-0.05, 0) is 18.2 Å². The molecule has 1 heterocycles. The maximum Gasteiger partial charge on any atom is 0.325 e. The van der Waals surface area contributed by atoms with Gasteiger partial charge in [-0.2, -0.15) is 0 Å². The third kappa shape index (κ3) is 5.06. The molecule has 0 atom stereocenters. The molecule has 3 aromatic rings. The van der Waals surface area contributed by atoms with E-state index in [9.17, 15) is 9.59 Å². The van der Waals surface area contributed by atoms with Crippen molar-refractivity contribution in [2.45, 2.75) is 6.42 Å². The molecule has 0 saturated heterocycles. The number of methoxy groups -OCH3 is 1. The number of rotatable bonds is 5. The number of carbonyl (C=O) groups excluding carboxylic acids is 2. The van der Waals surface area contributed by atoms with Crippen LogP contribution in [0.15, 0.2) is 54.6 Å². The summed E-state index contributed by atoms with van der Waals surface area (Å²) < 4.78 is 4.75. The van der Waals surface area contributed by atoms with E-state index in [1.54, 1.807) is 24.3 Å². The first-order chi connectivity index (χ1) is 13.0. The molecule has 3 rings (SSSR count). The van der Waals surface area contributed by atoms with Crippen LogP contribution >= 0.6 is 22.9 Å². The van der Waals surface area contributed by atoms with E-state index in [1.165, 1.54) is 18.4 Å². The quantitative estimate of drug-likeness (QED) is 0.600. The molecule has 2 amide bonds. The number of halogens is 1. The first-order valence-electron chi connectivity index (χ1n) is 8.00. The summed E-state index contributed by atoms with van der Waals surface area (Å²) in [5, 5.41) is 6.29. The number of nitrogens with one attached hydrogen (secondary N) is 2. The van der Waals surface area contributed by atoms with E-state index in [-0.39, 0.29) is 12.4 Å². The molecule has 0 saturated carbocycles. The molecule has 138 valence electrons. The number of urea groups is 1. The van der Waals surface area contributed by atoms with Crippen LogP contribution in [0.4, 0.5) is 15.6 Å². The Labute approximate surface area is 165 Å². The molecule has 2 aromatic carbocycles. The Bertz CT molecular complexity index is 960. The summed E-state index contributed by atoms with van der Waals surface area (Å²) >= 11 is 7.15. The number of amides is 2. The van der Waals surface area contributed by atoms with Crippen molar-refractivity contribution in [3.63, 3.8) is 0 Å². The zero-order valence-electron chi connectivity index (χ0n) is 14.4. The first-order valence-corrected chi connectivity index (χ1v) is 9.20. The molecule has 6 nitrogen and oxygen atoms in total. The zero-order valence-corrected chi connectivity index (χ0v) is 15.9. The van der Waals surface area contributed by atoms with Gasteiger partial charge in [0.25, 0.3) is 0 Å². The third-order valence-electron chi connectivity index (χ3n) is 3.58. The fraction of sp³-hybridized carbons (Fsp3) is 0.105. The fourth-order valence-electron chi connectivity index (χ4n) is 2.38. The molecule has 0 unspecified atom stereocenters. The highest BCUT2D eigenvalue weighted by Crippen LogP contribution is 2.32. The lowest BCUT2D eigenvalue weighted by Crippen LogP contribution is -2.19. The SMILES string of the molecule is COC(=O)Cc1sc(NC(=O)Nc2cccc(Cl)c2)nc1-c1ccccc1. The number of thiazole rings is 1. The predicted molar refractivity (Wildman–Crippen MR) is 107 cm³/mol. The van der Waals surface area contributed by atoms with Crippen LogP contribution in [0, 0.1) is 0 Å². The first kappa shape index (κ1) is 18.9.